The smallest absolute Gasteiger partial charge is 0.264 e. The standard InChI is InChI=1S/C23H23N5O3S3/c1-27-21(15-19-11-7-13-32-19)25-26-23(27)33-16-22(29)24-17-8-6-12-20(14-17)34(30,31)28(2)18-9-4-3-5-10-18/h3-14H,15-16H2,1-2H3,(H,24,29). The van der Waals surface area contributed by atoms with Crippen LogP contribution in [-0.4, -0.2) is 41.9 Å². The van der Waals surface area contributed by atoms with Gasteiger partial charge in [-0.3, -0.25) is 9.10 Å². The van der Waals surface area contributed by atoms with E-state index in [2.05, 4.69) is 15.5 Å². The number of hydrogen-bond donors (Lipinski definition) is 1. The lowest BCUT2D eigenvalue weighted by molar-refractivity contribution is -0.113. The van der Waals surface area contributed by atoms with E-state index in [1.807, 2.05) is 35.2 Å². The second-order valence-corrected chi connectivity index (χ2v) is 11.3. The Kier molecular flexibility index (Phi) is 7.35. The lowest BCUT2D eigenvalue weighted by Gasteiger charge is -2.19. The van der Waals surface area contributed by atoms with Crippen LogP contribution >= 0.6 is 23.1 Å². The number of nitrogens with zero attached hydrogens (tertiary/aromatic N) is 4. The maximum Gasteiger partial charge on any atom is 0.264 e. The van der Waals surface area contributed by atoms with Crippen LogP contribution < -0.4 is 9.62 Å². The number of carbonyl (C=O) groups is 1. The molecule has 8 nitrogen and oxygen atoms in total. The predicted molar refractivity (Wildman–Crippen MR) is 136 cm³/mol. The van der Waals surface area contributed by atoms with Crippen LogP contribution in [0.3, 0.4) is 0 Å². The van der Waals surface area contributed by atoms with Crippen LogP contribution in [0.1, 0.15) is 10.7 Å². The van der Waals surface area contributed by atoms with Crippen LogP contribution in [0.2, 0.25) is 0 Å². The fourth-order valence-corrected chi connectivity index (χ4v) is 5.86. The molecule has 0 aliphatic carbocycles. The highest BCUT2D eigenvalue weighted by molar-refractivity contribution is 7.99. The van der Waals surface area contributed by atoms with Crippen molar-refractivity contribution in [3.63, 3.8) is 0 Å². The lowest BCUT2D eigenvalue weighted by Crippen LogP contribution is -2.26. The quantitative estimate of drug-likeness (QED) is 0.340. The number of thioether (sulfide) groups is 1. The average Bonchev–Trinajstić information content (AvgIpc) is 3.48. The molecule has 2 aromatic heterocycles. The van der Waals surface area contributed by atoms with Gasteiger partial charge < -0.3 is 9.88 Å². The topological polar surface area (TPSA) is 97.2 Å². The summed E-state index contributed by atoms with van der Waals surface area (Å²) in [6.07, 6.45) is 0.687. The van der Waals surface area contributed by atoms with E-state index < -0.39 is 10.0 Å². The van der Waals surface area contributed by atoms with Crippen molar-refractivity contribution >= 4 is 50.4 Å². The Morgan fingerprint density at radius 2 is 1.88 bits per heavy atom. The van der Waals surface area contributed by atoms with E-state index in [-0.39, 0.29) is 16.6 Å². The zero-order valence-corrected chi connectivity index (χ0v) is 21.0. The molecule has 176 valence electrons. The number of benzene rings is 2. The van der Waals surface area contributed by atoms with E-state index in [0.29, 0.717) is 23.0 Å². The van der Waals surface area contributed by atoms with E-state index in [9.17, 15) is 13.2 Å². The number of thiophene rings is 1. The number of para-hydroxylation sites is 1. The van der Waals surface area contributed by atoms with Gasteiger partial charge in [0.2, 0.25) is 5.91 Å². The number of amides is 1. The summed E-state index contributed by atoms with van der Waals surface area (Å²) in [4.78, 5) is 13.8. The van der Waals surface area contributed by atoms with Gasteiger partial charge in [0, 0.05) is 31.1 Å². The van der Waals surface area contributed by atoms with Crippen LogP contribution in [-0.2, 0) is 28.3 Å². The molecule has 0 saturated heterocycles. The first-order valence-electron chi connectivity index (χ1n) is 10.3. The Hall–Kier alpha value is -3.15. The molecule has 0 saturated carbocycles. The molecule has 4 aromatic rings. The first kappa shape index (κ1) is 24.0. The van der Waals surface area contributed by atoms with Crippen LogP contribution in [0, 0.1) is 0 Å². The van der Waals surface area contributed by atoms with Gasteiger partial charge in [0.15, 0.2) is 5.16 Å². The zero-order chi connectivity index (χ0) is 24.1. The summed E-state index contributed by atoms with van der Waals surface area (Å²) in [5.41, 5.74) is 0.958. The molecule has 2 aromatic carbocycles. The predicted octanol–water partition coefficient (Wildman–Crippen LogP) is 4.02. The Morgan fingerprint density at radius 1 is 1.09 bits per heavy atom. The Labute approximate surface area is 206 Å². The molecule has 2 heterocycles. The van der Waals surface area contributed by atoms with E-state index >= 15 is 0 Å². The Balaban J connectivity index is 1.39. The minimum atomic E-state index is -3.77. The number of carbonyl (C=O) groups excluding carboxylic acids is 1. The van der Waals surface area contributed by atoms with E-state index in [0.717, 1.165) is 5.82 Å². The molecule has 1 N–H and O–H groups in total. The van der Waals surface area contributed by atoms with Crippen molar-refractivity contribution in [1.29, 1.82) is 0 Å². The first-order chi connectivity index (χ1) is 16.3. The van der Waals surface area contributed by atoms with E-state index in [1.54, 1.807) is 47.7 Å². The summed E-state index contributed by atoms with van der Waals surface area (Å²) in [6.45, 7) is 0. The van der Waals surface area contributed by atoms with Crippen LogP contribution in [0.4, 0.5) is 11.4 Å². The number of nitrogens with one attached hydrogen (secondary N) is 1. The van der Waals surface area contributed by atoms with Gasteiger partial charge in [0.05, 0.1) is 16.3 Å². The third-order valence-corrected chi connectivity index (χ3v) is 8.74. The molecule has 0 aliphatic heterocycles. The van der Waals surface area contributed by atoms with Crippen molar-refractivity contribution < 1.29 is 13.2 Å². The highest BCUT2D eigenvalue weighted by atomic mass is 32.2. The summed E-state index contributed by atoms with van der Waals surface area (Å²) in [6, 6.07) is 19.1. The van der Waals surface area contributed by atoms with Gasteiger partial charge in [-0.15, -0.1) is 21.5 Å². The van der Waals surface area contributed by atoms with Crippen LogP contribution in [0.5, 0.6) is 0 Å². The number of sulfonamides is 1. The van der Waals surface area contributed by atoms with Crippen LogP contribution in [0.25, 0.3) is 0 Å². The number of anilines is 2. The number of aromatic nitrogens is 3. The monoisotopic (exact) mass is 513 g/mol. The fourth-order valence-electron chi connectivity index (χ4n) is 3.19. The summed E-state index contributed by atoms with van der Waals surface area (Å²) in [5, 5.41) is 13.8. The van der Waals surface area contributed by atoms with Gasteiger partial charge in [-0.25, -0.2) is 8.42 Å². The van der Waals surface area contributed by atoms with Crippen molar-refractivity contribution in [3.05, 3.63) is 82.8 Å². The van der Waals surface area contributed by atoms with Gasteiger partial charge >= 0.3 is 0 Å². The normalized spacial score (nSPS) is 11.4. The van der Waals surface area contributed by atoms with Gasteiger partial charge in [-0.1, -0.05) is 42.1 Å². The molecule has 0 atom stereocenters. The maximum atomic E-state index is 13.0. The molecular formula is C23H23N5O3S3. The molecule has 11 heteroatoms. The van der Waals surface area contributed by atoms with Crippen molar-refractivity contribution in [2.45, 2.75) is 16.5 Å². The van der Waals surface area contributed by atoms with Crippen molar-refractivity contribution in [2.24, 2.45) is 7.05 Å². The second kappa shape index (κ2) is 10.4. The zero-order valence-electron chi connectivity index (χ0n) is 18.6. The molecule has 4 rings (SSSR count). The molecular weight excluding hydrogens is 490 g/mol. The van der Waals surface area contributed by atoms with Crippen molar-refractivity contribution in [1.82, 2.24) is 14.8 Å². The fraction of sp³-hybridized carbons (Fsp3) is 0.174. The van der Waals surface area contributed by atoms with Crippen LogP contribution in [0.15, 0.2) is 82.2 Å². The lowest BCUT2D eigenvalue weighted by atomic mass is 10.3. The minimum absolute atomic E-state index is 0.0934. The van der Waals surface area contributed by atoms with Crippen molar-refractivity contribution in [2.75, 3.05) is 22.4 Å². The summed E-state index contributed by atoms with van der Waals surface area (Å²) in [7, 11) is -0.398. The molecule has 0 spiro atoms. The Bertz CT molecular complexity index is 1370. The first-order valence-corrected chi connectivity index (χ1v) is 13.6. The third-order valence-electron chi connectivity index (χ3n) is 5.07. The van der Waals surface area contributed by atoms with Gasteiger partial charge in [0.25, 0.3) is 10.0 Å². The molecule has 0 aliphatic rings. The molecule has 0 unspecified atom stereocenters. The third kappa shape index (κ3) is 5.49. The second-order valence-electron chi connectivity index (χ2n) is 7.39. The van der Waals surface area contributed by atoms with E-state index in [4.69, 9.17) is 0 Å². The van der Waals surface area contributed by atoms with Gasteiger partial charge in [-0.2, -0.15) is 0 Å². The molecule has 0 fully saturated rings. The summed E-state index contributed by atoms with van der Waals surface area (Å²) >= 11 is 2.93. The SMILES string of the molecule is CN(c1ccccc1)S(=O)(=O)c1cccc(NC(=O)CSc2nnc(Cc3cccs3)n2C)c1. The number of hydrogen-bond acceptors (Lipinski definition) is 7. The van der Waals surface area contributed by atoms with Crippen molar-refractivity contribution in [3.8, 4) is 0 Å². The molecule has 34 heavy (non-hydrogen) atoms. The molecule has 0 radical (unpaired) electrons. The van der Waals surface area contributed by atoms with E-state index in [1.165, 1.54) is 40.1 Å². The largest absolute Gasteiger partial charge is 0.325 e. The Morgan fingerprint density at radius 3 is 2.62 bits per heavy atom. The summed E-state index contributed by atoms with van der Waals surface area (Å²) in [5.74, 6) is 0.677. The summed E-state index contributed by atoms with van der Waals surface area (Å²) < 4.78 is 29.1. The van der Waals surface area contributed by atoms with Gasteiger partial charge in [-0.05, 0) is 41.8 Å². The van der Waals surface area contributed by atoms with Gasteiger partial charge in [0.1, 0.15) is 5.82 Å². The molecule has 1 amide bonds. The minimum Gasteiger partial charge on any atom is -0.325 e. The maximum absolute atomic E-state index is 13.0. The number of rotatable bonds is 9. The average molecular weight is 514 g/mol. The molecule has 0 bridgehead atoms. The highest BCUT2D eigenvalue weighted by Gasteiger charge is 2.22. The highest BCUT2D eigenvalue weighted by Crippen LogP contribution is 2.24.